The molecule has 0 atom stereocenters. The van der Waals surface area contributed by atoms with Gasteiger partial charge in [-0.15, -0.1) is 16.4 Å². The fourth-order valence-electron chi connectivity index (χ4n) is 1.71. The Morgan fingerprint density at radius 2 is 2.40 bits per heavy atom. The highest BCUT2D eigenvalue weighted by Gasteiger charge is 2.09. The molecule has 0 amide bonds. The van der Waals surface area contributed by atoms with Crippen molar-refractivity contribution in [2.24, 2.45) is 0 Å². The molecule has 0 fully saturated rings. The van der Waals surface area contributed by atoms with Gasteiger partial charge in [0, 0.05) is 13.0 Å². The van der Waals surface area contributed by atoms with E-state index in [1.54, 1.807) is 22.3 Å². The summed E-state index contributed by atoms with van der Waals surface area (Å²) < 4.78 is 6.83. The molecule has 0 aliphatic rings. The lowest BCUT2D eigenvalue weighted by Crippen LogP contribution is -2.00. The molecule has 0 aliphatic carbocycles. The molecule has 7 nitrogen and oxygen atoms in total. The molecule has 3 heterocycles. The molecule has 3 aromatic rings. The minimum Gasteiger partial charge on any atom is -0.339 e. The molecule has 0 aromatic carbocycles. The summed E-state index contributed by atoms with van der Waals surface area (Å²) in [6, 6.07) is 5.80. The second kappa shape index (κ2) is 5.63. The van der Waals surface area contributed by atoms with Crippen LogP contribution in [0.1, 0.15) is 18.1 Å². The van der Waals surface area contributed by atoms with Crippen molar-refractivity contribution in [1.82, 2.24) is 24.9 Å². The van der Waals surface area contributed by atoms with Crippen LogP contribution in [0, 0.1) is 11.3 Å². The van der Waals surface area contributed by atoms with Gasteiger partial charge in [-0.05, 0) is 17.9 Å². The lowest BCUT2D eigenvalue weighted by Gasteiger charge is -1.96. The van der Waals surface area contributed by atoms with Gasteiger partial charge in [0.05, 0.1) is 4.88 Å². The molecule has 0 radical (unpaired) electrons. The minimum absolute atomic E-state index is 0.183. The van der Waals surface area contributed by atoms with E-state index in [4.69, 9.17) is 9.78 Å². The van der Waals surface area contributed by atoms with Crippen LogP contribution in [0.3, 0.4) is 0 Å². The highest BCUT2D eigenvalue weighted by molar-refractivity contribution is 7.13. The fraction of sp³-hybridized carbons (Fsp3) is 0.250. The average molecular weight is 286 g/mol. The van der Waals surface area contributed by atoms with Crippen LogP contribution >= 0.6 is 11.3 Å². The summed E-state index contributed by atoms with van der Waals surface area (Å²) in [5.41, 5.74) is 0. The van der Waals surface area contributed by atoms with Crippen LogP contribution in [0.2, 0.25) is 0 Å². The van der Waals surface area contributed by atoms with E-state index < -0.39 is 0 Å². The molecule has 8 heteroatoms. The number of nitriles is 1. The van der Waals surface area contributed by atoms with Crippen molar-refractivity contribution < 1.29 is 4.52 Å². The predicted octanol–water partition coefficient (Wildman–Crippen LogP) is 1.89. The Kier molecular flexibility index (Phi) is 3.52. The van der Waals surface area contributed by atoms with Crippen LogP contribution < -0.4 is 0 Å². The molecule has 0 bridgehead atoms. The van der Waals surface area contributed by atoms with Gasteiger partial charge in [-0.25, -0.2) is 4.98 Å². The number of rotatable bonds is 5. The van der Waals surface area contributed by atoms with Crippen molar-refractivity contribution in [1.29, 1.82) is 5.26 Å². The largest absolute Gasteiger partial charge is 0.339 e. The highest BCUT2D eigenvalue weighted by Crippen LogP contribution is 2.21. The number of hydrogen-bond donors (Lipinski definition) is 0. The molecule has 100 valence electrons. The SMILES string of the molecule is N#Cc1ncn(CCCc2nc(-c3cccs3)no2)n1. The lowest BCUT2D eigenvalue weighted by molar-refractivity contribution is 0.371. The molecule has 0 N–H and O–H groups in total. The van der Waals surface area contributed by atoms with Crippen LogP contribution in [0.4, 0.5) is 0 Å². The van der Waals surface area contributed by atoms with Gasteiger partial charge >= 0.3 is 0 Å². The first-order valence-corrected chi connectivity index (χ1v) is 6.89. The van der Waals surface area contributed by atoms with E-state index in [1.165, 1.54) is 0 Å². The second-order valence-electron chi connectivity index (χ2n) is 4.04. The Balaban J connectivity index is 1.55. The van der Waals surface area contributed by atoms with E-state index in [2.05, 4.69) is 20.2 Å². The molecule has 0 spiro atoms. The maximum Gasteiger partial charge on any atom is 0.252 e. The van der Waals surface area contributed by atoms with Gasteiger partial charge in [0.2, 0.25) is 11.7 Å². The third kappa shape index (κ3) is 2.73. The van der Waals surface area contributed by atoms with Gasteiger partial charge in [0.25, 0.3) is 5.82 Å². The van der Waals surface area contributed by atoms with Crippen molar-refractivity contribution in [2.45, 2.75) is 19.4 Å². The Morgan fingerprint density at radius 1 is 1.45 bits per heavy atom. The molecule has 0 saturated heterocycles. The Morgan fingerprint density at radius 3 is 3.15 bits per heavy atom. The van der Waals surface area contributed by atoms with E-state index in [9.17, 15) is 0 Å². The molecular formula is C12H10N6OS. The molecule has 0 saturated carbocycles. The minimum atomic E-state index is 0.183. The maximum absolute atomic E-state index is 8.63. The van der Waals surface area contributed by atoms with Crippen molar-refractivity contribution >= 4 is 11.3 Å². The zero-order chi connectivity index (χ0) is 13.8. The fourth-order valence-corrected chi connectivity index (χ4v) is 2.36. The quantitative estimate of drug-likeness (QED) is 0.711. The van der Waals surface area contributed by atoms with Crippen molar-refractivity contribution in [2.75, 3.05) is 0 Å². The van der Waals surface area contributed by atoms with Crippen LogP contribution in [-0.2, 0) is 13.0 Å². The van der Waals surface area contributed by atoms with Gasteiger partial charge in [0.15, 0.2) is 0 Å². The zero-order valence-electron chi connectivity index (χ0n) is 10.4. The van der Waals surface area contributed by atoms with Crippen LogP contribution in [0.5, 0.6) is 0 Å². The van der Waals surface area contributed by atoms with Gasteiger partial charge in [-0.3, -0.25) is 4.68 Å². The molecule has 3 rings (SSSR count). The van der Waals surface area contributed by atoms with E-state index in [-0.39, 0.29) is 5.82 Å². The molecular weight excluding hydrogens is 276 g/mol. The first kappa shape index (κ1) is 12.5. The maximum atomic E-state index is 8.63. The summed E-state index contributed by atoms with van der Waals surface area (Å²) in [4.78, 5) is 9.17. The summed E-state index contributed by atoms with van der Waals surface area (Å²) in [6.45, 7) is 0.658. The summed E-state index contributed by atoms with van der Waals surface area (Å²) in [5.74, 6) is 1.42. The number of nitrogens with zero attached hydrogens (tertiary/aromatic N) is 6. The lowest BCUT2D eigenvalue weighted by atomic mass is 10.3. The third-order valence-electron chi connectivity index (χ3n) is 2.62. The van der Waals surface area contributed by atoms with Crippen molar-refractivity contribution in [3.63, 3.8) is 0 Å². The second-order valence-corrected chi connectivity index (χ2v) is 4.98. The molecule has 20 heavy (non-hydrogen) atoms. The Bertz CT molecular complexity index is 723. The van der Waals surface area contributed by atoms with E-state index >= 15 is 0 Å². The number of aromatic nitrogens is 5. The first-order valence-electron chi connectivity index (χ1n) is 6.01. The summed E-state index contributed by atoms with van der Waals surface area (Å²) in [5, 5.41) is 18.5. The van der Waals surface area contributed by atoms with E-state index in [0.717, 1.165) is 11.3 Å². The van der Waals surface area contributed by atoms with Crippen molar-refractivity contribution in [3.8, 4) is 16.8 Å². The zero-order valence-corrected chi connectivity index (χ0v) is 11.2. The van der Waals surface area contributed by atoms with Crippen molar-refractivity contribution in [3.05, 3.63) is 35.6 Å². The average Bonchev–Trinajstić information content (AvgIpc) is 3.20. The van der Waals surface area contributed by atoms with Gasteiger partial charge in [-0.2, -0.15) is 10.2 Å². The smallest absolute Gasteiger partial charge is 0.252 e. The van der Waals surface area contributed by atoms with Gasteiger partial charge < -0.3 is 4.52 Å². The normalized spacial score (nSPS) is 10.6. The molecule has 0 unspecified atom stereocenters. The summed E-state index contributed by atoms with van der Waals surface area (Å²) in [7, 11) is 0. The highest BCUT2D eigenvalue weighted by atomic mass is 32.1. The molecule has 3 aromatic heterocycles. The first-order chi connectivity index (χ1) is 9.85. The number of thiophene rings is 1. The van der Waals surface area contributed by atoms with Crippen LogP contribution in [0.25, 0.3) is 10.7 Å². The molecule has 0 aliphatic heterocycles. The third-order valence-corrected chi connectivity index (χ3v) is 3.49. The van der Waals surface area contributed by atoms with Gasteiger partial charge in [0.1, 0.15) is 12.4 Å². The van der Waals surface area contributed by atoms with E-state index in [1.807, 2.05) is 23.6 Å². The Hall–Kier alpha value is -2.53. The standard InChI is InChI=1S/C12H10N6OS/c13-7-10-14-8-18(16-10)5-1-4-11-15-12(17-19-11)9-3-2-6-20-9/h2-3,6,8H,1,4-5H2. The van der Waals surface area contributed by atoms with Gasteiger partial charge in [-0.1, -0.05) is 11.2 Å². The topological polar surface area (TPSA) is 93.4 Å². The summed E-state index contributed by atoms with van der Waals surface area (Å²) >= 11 is 1.58. The number of aryl methyl sites for hydroxylation is 2. The Labute approximate surface area is 118 Å². The summed E-state index contributed by atoms with van der Waals surface area (Å²) in [6.07, 6.45) is 3.00. The van der Waals surface area contributed by atoms with Crippen LogP contribution in [-0.4, -0.2) is 24.9 Å². The predicted molar refractivity (Wildman–Crippen MR) is 70.7 cm³/mol. The van der Waals surface area contributed by atoms with Crippen LogP contribution in [0.15, 0.2) is 28.4 Å². The monoisotopic (exact) mass is 286 g/mol. The number of hydrogen-bond acceptors (Lipinski definition) is 7. The van der Waals surface area contributed by atoms with E-state index in [0.29, 0.717) is 24.7 Å².